The third-order valence-corrected chi connectivity index (χ3v) is 3.75. The van der Waals surface area contributed by atoms with E-state index in [-0.39, 0.29) is 29.9 Å². The lowest BCUT2D eigenvalue weighted by molar-refractivity contribution is -0.116. The fourth-order valence-electron chi connectivity index (χ4n) is 2.28. The van der Waals surface area contributed by atoms with Gasteiger partial charge in [-0.25, -0.2) is 0 Å². The Kier molecular flexibility index (Phi) is 14.9. The lowest BCUT2D eigenvalue weighted by atomic mass is 10.1. The molecule has 0 bridgehead atoms. The van der Waals surface area contributed by atoms with Gasteiger partial charge in [-0.1, -0.05) is 32.9 Å². The van der Waals surface area contributed by atoms with Crippen molar-refractivity contribution in [3.8, 4) is 0 Å². The summed E-state index contributed by atoms with van der Waals surface area (Å²) in [4.78, 5) is 15.9. The Bertz CT molecular complexity index is 565. The third-order valence-electron chi connectivity index (χ3n) is 3.75. The maximum atomic E-state index is 11.7. The number of ether oxygens (including phenoxy) is 1. The number of carbonyl (C=O) groups is 1. The topological polar surface area (TPSA) is 74.8 Å². The molecular weight excluding hydrogens is 455 g/mol. The van der Waals surface area contributed by atoms with E-state index >= 15 is 0 Å². The molecule has 3 N–H and O–H groups in total. The van der Waals surface area contributed by atoms with Crippen LogP contribution >= 0.6 is 24.0 Å². The predicted octanol–water partition coefficient (Wildman–Crippen LogP) is 3.77. The van der Waals surface area contributed by atoms with E-state index in [1.165, 1.54) is 0 Å². The molecule has 0 unspecified atom stereocenters. The number of hydrogen-bond donors (Lipinski definition) is 3. The SMILES string of the molecule is CCCC(=O)Nc1cccc(CNC(=NC)NCCOCCC(C)C)c1.I. The summed E-state index contributed by atoms with van der Waals surface area (Å²) in [6.07, 6.45) is 2.46. The molecule has 0 fully saturated rings. The first-order valence-corrected chi connectivity index (χ1v) is 9.46. The van der Waals surface area contributed by atoms with Crippen molar-refractivity contribution >= 4 is 41.5 Å². The normalized spacial score (nSPS) is 11.1. The monoisotopic (exact) mass is 490 g/mol. The van der Waals surface area contributed by atoms with Gasteiger partial charge in [0.25, 0.3) is 0 Å². The van der Waals surface area contributed by atoms with Gasteiger partial charge in [0.1, 0.15) is 0 Å². The zero-order valence-electron chi connectivity index (χ0n) is 17.0. The van der Waals surface area contributed by atoms with Crippen LogP contribution in [0.5, 0.6) is 0 Å². The second kappa shape index (κ2) is 15.7. The van der Waals surface area contributed by atoms with Crippen molar-refractivity contribution in [3.63, 3.8) is 0 Å². The van der Waals surface area contributed by atoms with Gasteiger partial charge in [-0.15, -0.1) is 24.0 Å². The first-order valence-electron chi connectivity index (χ1n) is 9.46. The van der Waals surface area contributed by atoms with Crippen molar-refractivity contribution in [2.75, 3.05) is 32.1 Å². The zero-order valence-corrected chi connectivity index (χ0v) is 19.3. The van der Waals surface area contributed by atoms with Crippen LogP contribution < -0.4 is 16.0 Å². The van der Waals surface area contributed by atoms with Gasteiger partial charge in [-0.2, -0.15) is 0 Å². The molecule has 0 atom stereocenters. The van der Waals surface area contributed by atoms with Crippen LogP contribution in [-0.4, -0.2) is 38.7 Å². The Morgan fingerprint density at radius 1 is 1.22 bits per heavy atom. The van der Waals surface area contributed by atoms with Crippen molar-refractivity contribution in [1.82, 2.24) is 10.6 Å². The van der Waals surface area contributed by atoms with E-state index in [1.807, 2.05) is 31.2 Å². The largest absolute Gasteiger partial charge is 0.380 e. The number of rotatable bonds is 11. The number of hydrogen-bond acceptors (Lipinski definition) is 3. The maximum absolute atomic E-state index is 11.7. The number of nitrogens with zero attached hydrogens (tertiary/aromatic N) is 1. The highest BCUT2D eigenvalue weighted by Crippen LogP contribution is 2.11. The van der Waals surface area contributed by atoms with Crippen molar-refractivity contribution in [2.45, 2.75) is 46.6 Å². The Morgan fingerprint density at radius 3 is 2.67 bits per heavy atom. The van der Waals surface area contributed by atoms with Crippen LogP contribution in [0.1, 0.15) is 45.6 Å². The van der Waals surface area contributed by atoms with Crippen LogP contribution in [0.2, 0.25) is 0 Å². The molecule has 1 amide bonds. The quantitative estimate of drug-likeness (QED) is 0.191. The van der Waals surface area contributed by atoms with Crippen molar-refractivity contribution in [3.05, 3.63) is 29.8 Å². The molecule has 0 aromatic heterocycles. The molecule has 27 heavy (non-hydrogen) atoms. The van der Waals surface area contributed by atoms with Gasteiger partial charge in [0.2, 0.25) is 5.91 Å². The minimum atomic E-state index is 0. The zero-order chi connectivity index (χ0) is 19.2. The van der Waals surface area contributed by atoms with E-state index in [2.05, 4.69) is 34.8 Å². The minimum Gasteiger partial charge on any atom is -0.380 e. The standard InChI is InChI=1S/C20H34N4O2.HI/c1-5-7-19(25)24-18-9-6-8-17(14-18)15-23-20(21-4)22-11-13-26-12-10-16(2)3;/h6,8-9,14,16H,5,7,10-13,15H2,1-4H3,(H,24,25)(H2,21,22,23);1H. The van der Waals surface area contributed by atoms with Gasteiger partial charge < -0.3 is 20.7 Å². The lowest BCUT2D eigenvalue weighted by Gasteiger charge is -2.13. The molecule has 1 aromatic carbocycles. The molecule has 0 heterocycles. The fourth-order valence-corrected chi connectivity index (χ4v) is 2.28. The highest BCUT2D eigenvalue weighted by atomic mass is 127. The molecule has 154 valence electrons. The van der Waals surface area contributed by atoms with Crippen LogP contribution in [0.15, 0.2) is 29.3 Å². The van der Waals surface area contributed by atoms with Crippen LogP contribution in [0.4, 0.5) is 5.69 Å². The second-order valence-corrected chi connectivity index (χ2v) is 6.65. The number of amides is 1. The summed E-state index contributed by atoms with van der Waals surface area (Å²) in [5.74, 6) is 1.45. The first-order chi connectivity index (χ1) is 12.5. The van der Waals surface area contributed by atoms with Crippen LogP contribution in [0.3, 0.4) is 0 Å². The van der Waals surface area contributed by atoms with Crippen LogP contribution in [-0.2, 0) is 16.1 Å². The summed E-state index contributed by atoms with van der Waals surface area (Å²) in [7, 11) is 1.75. The first kappa shape index (κ1) is 25.6. The number of nitrogens with one attached hydrogen (secondary N) is 3. The van der Waals surface area contributed by atoms with Crippen LogP contribution in [0.25, 0.3) is 0 Å². The number of halogens is 1. The second-order valence-electron chi connectivity index (χ2n) is 6.65. The van der Waals surface area contributed by atoms with E-state index in [0.717, 1.165) is 36.7 Å². The molecule has 0 saturated carbocycles. The molecule has 6 nitrogen and oxygen atoms in total. The van der Waals surface area contributed by atoms with Crippen molar-refractivity contribution in [2.24, 2.45) is 10.9 Å². The summed E-state index contributed by atoms with van der Waals surface area (Å²) in [5.41, 5.74) is 1.90. The third kappa shape index (κ3) is 12.6. The number of carbonyl (C=O) groups excluding carboxylic acids is 1. The van der Waals surface area contributed by atoms with Gasteiger partial charge >= 0.3 is 0 Å². The summed E-state index contributed by atoms with van der Waals surface area (Å²) in [5, 5.41) is 9.42. The molecule has 1 rings (SSSR count). The van der Waals surface area contributed by atoms with Gasteiger partial charge in [-0.3, -0.25) is 9.79 Å². The summed E-state index contributed by atoms with van der Waals surface area (Å²) in [6, 6.07) is 7.84. The Labute approximate surface area is 181 Å². The van der Waals surface area contributed by atoms with Gasteiger partial charge in [0.05, 0.1) is 6.61 Å². The number of aliphatic imine (C=N–C) groups is 1. The lowest BCUT2D eigenvalue weighted by Crippen LogP contribution is -2.38. The minimum absolute atomic E-state index is 0. The van der Waals surface area contributed by atoms with E-state index in [1.54, 1.807) is 7.05 Å². The fraction of sp³-hybridized carbons (Fsp3) is 0.600. The maximum Gasteiger partial charge on any atom is 0.224 e. The molecule has 0 spiro atoms. The molecule has 0 aliphatic heterocycles. The van der Waals surface area contributed by atoms with E-state index in [9.17, 15) is 4.79 Å². The summed E-state index contributed by atoms with van der Waals surface area (Å²) >= 11 is 0. The molecule has 0 aliphatic rings. The van der Waals surface area contributed by atoms with Crippen LogP contribution in [0, 0.1) is 5.92 Å². The van der Waals surface area contributed by atoms with Gasteiger partial charge in [-0.05, 0) is 36.5 Å². The van der Waals surface area contributed by atoms with Gasteiger partial charge in [0, 0.05) is 38.9 Å². The molecule has 0 radical (unpaired) electrons. The molecule has 7 heteroatoms. The van der Waals surface area contributed by atoms with Crippen molar-refractivity contribution < 1.29 is 9.53 Å². The van der Waals surface area contributed by atoms with Crippen molar-refractivity contribution in [1.29, 1.82) is 0 Å². The molecule has 0 aliphatic carbocycles. The average molecular weight is 490 g/mol. The van der Waals surface area contributed by atoms with E-state index in [4.69, 9.17) is 4.74 Å². The number of guanidine groups is 1. The molecule has 0 saturated heterocycles. The highest BCUT2D eigenvalue weighted by molar-refractivity contribution is 14.0. The number of benzene rings is 1. The summed E-state index contributed by atoms with van der Waals surface area (Å²) < 4.78 is 5.59. The Morgan fingerprint density at radius 2 is 2.00 bits per heavy atom. The van der Waals surface area contributed by atoms with E-state index in [0.29, 0.717) is 32.0 Å². The highest BCUT2D eigenvalue weighted by Gasteiger charge is 2.03. The Balaban J connectivity index is 0.00000676. The Hall–Kier alpha value is -1.35. The van der Waals surface area contributed by atoms with Gasteiger partial charge in [0.15, 0.2) is 5.96 Å². The summed E-state index contributed by atoms with van der Waals surface area (Å²) in [6.45, 7) is 9.17. The smallest absolute Gasteiger partial charge is 0.224 e. The molecule has 1 aromatic rings. The van der Waals surface area contributed by atoms with E-state index < -0.39 is 0 Å². The molecular formula is C20H35IN4O2. The predicted molar refractivity (Wildman–Crippen MR) is 124 cm³/mol. The number of anilines is 1. The average Bonchev–Trinajstić information content (AvgIpc) is 2.60.